The number of aryl methyl sites for hydroxylation is 1. The van der Waals surface area contributed by atoms with E-state index in [-0.39, 0.29) is 80.3 Å². The van der Waals surface area contributed by atoms with Crippen molar-refractivity contribution < 1.29 is 38.4 Å². The van der Waals surface area contributed by atoms with Gasteiger partial charge in [-0.05, 0) is 84.9 Å². The highest BCUT2D eigenvalue weighted by Crippen LogP contribution is 2.54. The normalized spacial score (nSPS) is 20.7. The summed E-state index contributed by atoms with van der Waals surface area (Å²) in [7, 11) is 0. The van der Waals surface area contributed by atoms with Gasteiger partial charge in [-0.3, -0.25) is 14.7 Å². The van der Waals surface area contributed by atoms with Gasteiger partial charge in [-0.15, -0.1) is 28.8 Å². The van der Waals surface area contributed by atoms with Crippen molar-refractivity contribution in [1.29, 1.82) is 0 Å². The smallest absolute Gasteiger partial charge is 0.319 e. The van der Waals surface area contributed by atoms with Crippen molar-refractivity contribution in [2.45, 2.75) is 121 Å². The second-order valence-corrected chi connectivity index (χ2v) is 23.6. The summed E-state index contributed by atoms with van der Waals surface area (Å²) in [5.41, 5.74) is 10.8. The SMILES string of the molecule is Cc1ncsc1-c1ccc([C@H](CO)NC(=O)[C@@H]2C[C@@H](O)CN2C(=O)[C@H](C(C)C)n2cc(-c3ccc(COc4c(-c5c(C)c(F)cc6[nH]ncc56)c(C5CC5)cc5c(N6C[C@@H]7C[C@H]6CN7)nc(OC6CCOCC6)nc45)cc3)nn2)cc1.Cl. The Balaban J connectivity index is 0.00000665. The lowest BCUT2D eigenvalue weighted by Gasteiger charge is -2.31. The summed E-state index contributed by atoms with van der Waals surface area (Å²) in [6.07, 6.45) is 6.91. The van der Waals surface area contributed by atoms with Gasteiger partial charge < -0.3 is 44.9 Å². The molecule has 5 aliphatic rings. The number of nitrogens with zero attached hydrogens (tertiary/aromatic N) is 9. The van der Waals surface area contributed by atoms with Crippen LogP contribution in [0.2, 0.25) is 0 Å². The van der Waals surface area contributed by atoms with E-state index in [2.05, 4.69) is 47.1 Å². The van der Waals surface area contributed by atoms with Gasteiger partial charge in [0.2, 0.25) is 11.8 Å². The molecule has 4 saturated heterocycles. The maximum Gasteiger partial charge on any atom is 0.319 e. The van der Waals surface area contributed by atoms with Crippen molar-refractivity contribution in [1.82, 2.24) is 55.7 Å². The first kappa shape index (κ1) is 55.4. The number of carbonyl (C=O) groups excluding carboxylic acids is 2. The average molecular weight is 1150 g/mol. The largest absolute Gasteiger partial charge is 0.486 e. The Bertz CT molecular complexity index is 3660. The van der Waals surface area contributed by atoms with Crippen LogP contribution in [0, 0.1) is 25.6 Å². The number of anilines is 1. The standard InChI is InChI=1S/C60H65FN12O7S.ClH/c1-31(2)54(59(77)72-26-41(75)20-50(72)58(76)65-49(28-74)37-11-13-38(14-12-37)56-33(4)63-30-81-56)73-27-48(69-70-73)36-7-5-34(6-8-36)29-79-55-52(51-32(3)46(61)22-47-45(51)24-64-68-47)43(35-9-10-35)21-44-53(55)66-60(80-42-15-17-78-18-16-42)67-57(44)71-25-39-19-40(71)23-62-39;/h5-8,11-14,21-22,24,27,30-31,35,39-42,49-50,54,62,74-75H,9-10,15-20,23,25-26,28-29H2,1-4H3,(H,64,68)(H,65,76);1H/t39-,40-,41+,49-,50-,54-;/m0./s1. The van der Waals surface area contributed by atoms with E-state index in [4.69, 9.17) is 24.2 Å². The fourth-order valence-electron chi connectivity index (χ4n) is 12.5. The molecule has 4 aliphatic heterocycles. The molecule has 8 heterocycles. The van der Waals surface area contributed by atoms with Gasteiger partial charge in [-0.1, -0.05) is 67.6 Å². The van der Waals surface area contributed by atoms with Gasteiger partial charge in [0, 0.05) is 78.4 Å². The molecule has 1 aliphatic carbocycles. The fourth-order valence-corrected chi connectivity index (χ4v) is 13.3. The number of H-pyrrole nitrogens is 1. The number of carbonyl (C=O) groups is 2. The monoisotopic (exact) mass is 1150 g/mol. The van der Waals surface area contributed by atoms with E-state index in [1.807, 2.05) is 76.2 Å². The molecule has 19 nitrogen and oxygen atoms in total. The minimum atomic E-state index is -0.978. The number of aliphatic hydroxyl groups is 2. The second kappa shape index (κ2) is 22.9. The third kappa shape index (κ3) is 10.5. The number of aliphatic hydroxyl groups excluding tert-OH is 2. The average Bonchev–Trinajstić information content (AvgIpc) is 2.43. The van der Waals surface area contributed by atoms with E-state index in [0.29, 0.717) is 58.4 Å². The van der Waals surface area contributed by atoms with Gasteiger partial charge in [0.25, 0.3) is 0 Å². The number of likely N-dealkylation sites (tertiary alicyclic amines) is 1. The van der Waals surface area contributed by atoms with E-state index in [1.165, 1.54) is 15.6 Å². The summed E-state index contributed by atoms with van der Waals surface area (Å²) in [4.78, 5) is 48.3. The zero-order valence-electron chi connectivity index (χ0n) is 46.0. The second-order valence-electron chi connectivity index (χ2n) is 22.7. The summed E-state index contributed by atoms with van der Waals surface area (Å²) >= 11 is 1.54. The first-order chi connectivity index (χ1) is 39.4. The topological polar surface area (TPSA) is 231 Å². The molecule has 0 unspecified atom stereocenters. The van der Waals surface area contributed by atoms with Crippen LogP contribution < -0.4 is 25.0 Å². The van der Waals surface area contributed by atoms with Gasteiger partial charge in [0.15, 0.2) is 5.75 Å². The van der Waals surface area contributed by atoms with Crippen molar-refractivity contribution in [2.24, 2.45) is 5.92 Å². The molecule has 5 N–H and O–H groups in total. The fraction of sp³-hybridized carbons (Fsp3) is 0.433. The zero-order valence-corrected chi connectivity index (χ0v) is 47.7. The lowest BCUT2D eigenvalue weighted by Crippen LogP contribution is -2.50. The Labute approximate surface area is 483 Å². The number of hydrogen-bond donors (Lipinski definition) is 5. The number of aromatic nitrogens is 8. The molecule has 6 atom stereocenters. The lowest BCUT2D eigenvalue weighted by atomic mass is 9.88. The molecule has 13 rings (SSSR count). The summed E-state index contributed by atoms with van der Waals surface area (Å²) in [6.45, 7) is 10.2. The Hall–Kier alpha value is -7.14. The number of hydrogen-bond acceptors (Lipinski definition) is 16. The summed E-state index contributed by atoms with van der Waals surface area (Å²) in [6, 6.07) is 17.4. The zero-order chi connectivity index (χ0) is 55.6. The van der Waals surface area contributed by atoms with E-state index < -0.39 is 30.1 Å². The number of ether oxygens (including phenoxy) is 3. The Morgan fingerprint density at radius 3 is 2.44 bits per heavy atom. The Kier molecular flexibility index (Phi) is 15.5. The van der Waals surface area contributed by atoms with E-state index in [0.717, 1.165) is 100 Å². The van der Waals surface area contributed by atoms with Crippen molar-refractivity contribution in [3.63, 3.8) is 0 Å². The van der Waals surface area contributed by atoms with Crippen LogP contribution >= 0.6 is 23.7 Å². The molecule has 0 spiro atoms. The Morgan fingerprint density at radius 2 is 1.74 bits per heavy atom. The number of fused-ring (bicyclic) bond motifs is 4. The molecule has 22 heteroatoms. The van der Waals surface area contributed by atoms with E-state index in [9.17, 15) is 19.8 Å². The quantitative estimate of drug-likeness (QED) is 0.0577. The molecule has 0 radical (unpaired) electrons. The molecule has 82 heavy (non-hydrogen) atoms. The molecule has 2 amide bonds. The maximum atomic E-state index is 16.2. The van der Waals surface area contributed by atoms with E-state index in [1.54, 1.807) is 29.2 Å². The predicted octanol–water partition coefficient (Wildman–Crippen LogP) is 8.31. The number of halogens is 2. The molecule has 8 aromatic rings. The lowest BCUT2D eigenvalue weighted by molar-refractivity contribution is -0.142. The number of nitrogens with one attached hydrogen (secondary N) is 3. The van der Waals surface area contributed by atoms with Crippen LogP contribution in [-0.4, -0.2) is 137 Å². The van der Waals surface area contributed by atoms with Crippen LogP contribution in [0.5, 0.6) is 11.8 Å². The third-order valence-electron chi connectivity index (χ3n) is 16.9. The maximum absolute atomic E-state index is 16.2. The Morgan fingerprint density at radius 1 is 0.963 bits per heavy atom. The van der Waals surface area contributed by atoms with Gasteiger partial charge in [0.05, 0.1) is 66.0 Å². The molecule has 2 bridgehead atoms. The number of aromatic amines is 1. The molecule has 5 fully saturated rings. The number of amides is 2. The van der Waals surface area contributed by atoms with E-state index >= 15 is 4.39 Å². The minimum absolute atomic E-state index is 0. The van der Waals surface area contributed by atoms with Crippen molar-refractivity contribution in [3.05, 3.63) is 112 Å². The van der Waals surface area contributed by atoms with Crippen LogP contribution in [0.25, 0.3) is 54.6 Å². The van der Waals surface area contributed by atoms with Crippen molar-refractivity contribution >= 4 is 63.2 Å². The molecule has 428 valence electrons. The number of β-amino-alcohol motifs (C(OH)–C–C–N with tert-alkyl or cyclic N) is 1. The van der Waals surface area contributed by atoms with Gasteiger partial charge in [0.1, 0.15) is 47.6 Å². The number of piperazine rings is 1. The first-order valence-corrected chi connectivity index (χ1v) is 29.0. The highest BCUT2D eigenvalue weighted by atomic mass is 35.5. The van der Waals surface area contributed by atoms with Crippen LogP contribution in [0.4, 0.5) is 10.2 Å². The molecular formula is C60H66ClFN12O7S. The van der Waals surface area contributed by atoms with Crippen molar-refractivity contribution in [2.75, 3.05) is 44.4 Å². The van der Waals surface area contributed by atoms with Crippen LogP contribution in [0.3, 0.4) is 0 Å². The molecule has 4 aromatic carbocycles. The first-order valence-electron chi connectivity index (χ1n) is 28.2. The molecule has 4 aromatic heterocycles. The number of benzene rings is 4. The van der Waals surface area contributed by atoms with Gasteiger partial charge in [-0.2, -0.15) is 15.1 Å². The highest BCUT2D eigenvalue weighted by Gasteiger charge is 2.44. The van der Waals surface area contributed by atoms with Gasteiger partial charge in [-0.25, -0.2) is 14.1 Å². The third-order valence-corrected chi connectivity index (χ3v) is 17.9. The summed E-state index contributed by atoms with van der Waals surface area (Å²) < 4.78 is 37.2. The predicted molar refractivity (Wildman–Crippen MR) is 311 cm³/mol. The number of thiazole rings is 1. The minimum Gasteiger partial charge on any atom is -0.486 e. The summed E-state index contributed by atoms with van der Waals surface area (Å²) in [5, 5.41) is 46.0. The van der Waals surface area contributed by atoms with Crippen LogP contribution in [-0.2, 0) is 20.9 Å². The van der Waals surface area contributed by atoms with Crippen LogP contribution in [0.1, 0.15) is 98.3 Å². The summed E-state index contributed by atoms with van der Waals surface area (Å²) in [5.74, 6) is 0.0881. The van der Waals surface area contributed by atoms with Gasteiger partial charge >= 0.3 is 6.01 Å². The number of rotatable bonds is 17. The van der Waals surface area contributed by atoms with Crippen LogP contribution in [0.15, 0.2) is 78.6 Å². The highest BCUT2D eigenvalue weighted by molar-refractivity contribution is 7.13. The van der Waals surface area contributed by atoms with Crippen molar-refractivity contribution in [3.8, 4) is 44.6 Å². The molecular weight excluding hydrogens is 1090 g/mol. The molecule has 1 saturated carbocycles.